The van der Waals surface area contributed by atoms with E-state index in [1.54, 1.807) is 0 Å². The van der Waals surface area contributed by atoms with Gasteiger partial charge in [-0.15, -0.1) is 10.2 Å². The highest BCUT2D eigenvalue weighted by Gasteiger charge is 2.17. The molecule has 0 aromatic carbocycles. The number of sulfonamides is 1. The monoisotopic (exact) mass is 410 g/mol. The maximum Gasteiger partial charge on any atom is 0.267 e. The lowest BCUT2D eigenvalue weighted by atomic mass is 10.1. The predicted octanol–water partition coefficient (Wildman–Crippen LogP) is -1.78. The number of aliphatic hydroxyl groups is 1. The van der Waals surface area contributed by atoms with Crippen molar-refractivity contribution >= 4 is 33.1 Å². The van der Waals surface area contributed by atoms with E-state index in [1.807, 2.05) is 0 Å². The van der Waals surface area contributed by atoms with Crippen LogP contribution in [0.4, 0.5) is 0 Å². The summed E-state index contributed by atoms with van der Waals surface area (Å²) in [5.74, 6) is -0.546. The van der Waals surface area contributed by atoms with Crippen molar-refractivity contribution in [3.05, 3.63) is 5.01 Å². The summed E-state index contributed by atoms with van der Waals surface area (Å²) in [4.78, 5) is 23.4. The standard InChI is InChI=1S/C13H22N4O7S2/c14-26(21,22)13-17-16-12(25-13)9-10(19)1-2-11(20)15-3-5-23-7-8-24-6-4-18/h18H,1-9H2,(H,15,20)(H2,14,21,22). The number of nitrogens with zero attached hydrogens (tertiary/aromatic N) is 2. The second-order valence-electron chi connectivity index (χ2n) is 5.02. The van der Waals surface area contributed by atoms with Crippen molar-refractivity contribution in [2.75, 3.05) is 39.6 Å². The van der Waals surface area contributed by atoms with Crippen LogP contribution in [0.1, 0.15) is 17.8 Å². The minimum atomic E-state index is -3.93. The highest BCUT2D eigenvalue weighted by molar-refractivity contribution is 7.91. The van der Waals surface area contributed by atoms with Gasteiger partial charge in [0, 0.05) is 19.4 Å². The van der Waals surface area contributed by atoms with Crippen LogP contribution in [0.3, 0.4) is 0 Å². The fourth-order valence-corrected chi connectivity index (χ4v) is 3.18. The first kappa shape index (κ1) is 22.5. The Kier molecular flexibility index (Phi) is 10.4. The number of rotatable bonds is 14. The molecule has 0 aliphatic heterocycles. The van der Waals surface area contributed by atoms with Crippen molar-refractivity contribution in [1.82, 2.24) is 15.5 Å². The molecule has 1 aromatic rings. The van der Waals surface area contributed by atoms with Gasteiger partial charge in [0.1, 0.15) is 10.8 Å². The van der Waals surface area contributed by atoms with E-state index in [-0.39, 0.29) is 53.5 Å². The minimum Gasteiger partial charge on any atom is -0.394 e. The van der Waals surface area contributed by atoms with Crippen molar-refractivity contribution in [3.8, 4) is 0 Å². The molecule has 0 aliphatic carbocycles. The quantitative estimate of drug-likeness (QED) is 0.300. The topological polar surface area (TPSA) is 171 Å². The zero-order valence-corrected chi connectivity index (χ0v) is 15.7. The van der Waals surface area contributed by atoms with Crippen molar-refractivity contribution in [2.45, 2.75) is 23.6 Å². The first-order valence-corrected chi connectivity index (χ1v) is 10.1. The first-order valence-electron chi connectivity index (χ1n) is 7.73. The fourth-order valence-electron chi connectivity index (χ4n) is 1.67. The molecule has 4 N–H and O–H groups in total. The van der Waals surface area contributed by atoms with E-state index in [1.165, 1.54) is 0 Å². The second kappa shape index (κ2) is 12.0. The highest BCUT2D eigenvalue weighted by Crippen LogP contribution is 2.15. The van der Waals surface area contributed by atoms with Crippen molar-refractivity contribution in [1.29, 1.82) is 0 Å². The van der Waals surface area contributed by atoms with Crippen LogP contribution in [0.2, 0.25) is 0 Å². The Labute approximate surface area is 154 Å². The van der Waals surface area contributed by atoms with Crippen molar-refractivity contribution < 1.29 is 32.6 Å². The molecular formula is C13H22N4O7S2. The van der Waals surface area contributed by atoms with Crippen LogP contribution in [-0.4, -0.2) is 75.0 Å². The molecule has 26 heavy (non-hydrogen) atoms. The van der Waals surface area contributed by atoms with Crippen LogP contribution in [0.5, 0.6) is 0 Å². The molecule has 1 aromatic heterocycles. The average Bonchev–Trinajstić information content (AvgIpc) is 3.04. The lowest BCUT2D eigenvalue weighted by Gasteiger charge is -2.06. The molecule has 0 saturated carbocycles. The summed E-state index contributed by atoms with van der Waals surface area (Å²) in [5.41, 5.74) is 0. The van der Waals surface area contributed by atoms with Gasteiger partial charge in [0.05, 0.1) is 39.5 Å². The molecule has 0 saturated heterocycles. The molecule has 0 bridgehead atoms. The zero-order valence-electron chi connectivity index (χ0n) is 14.0. The van der Waals surface area contributed by atoms with Crippen molar-refractivity contribution in [3.63, 3.8) is 0 Å². The molecule has 0 unspecified atom stereocenters. The summed E-state index contributed by atoms with van der Waals surface area (Å²) in [6.07, 6.45) is -0.0807. The number of amides is 1. The molecular weight excluding hydrogens is 388 g/mol. The number of hydrogen-bond acceptors (Lipinski definition) is 10. The molecule has 1 amide bonds. The van der Waals surface area contributed by atoms with E-state index in [0.717, 1.165) is 11.3 Å². The highest BCUT2D eigenvalue weighted by atomic mass is 32.2. The van der Waals surface area contributed by atoms with Gasteiger partial charge in [0.25, 0.3) is 10.0 Å². The van der Waals surface area contributed by atoms with Gasteiger partial charge in [-0.3, -0.25) is 9.59 Å². The van der Waals surface area contributed by atoms with E-state index in [2.05, 4.69) is 15.5 Å². The summed E-state index contributed by atoms with van der Waals surface area (Å²) < 4.78 is 32.0. The van der Waals surface area contributed by atoms with Crippen LogP contribution in [0.15, 0.2) is 4.34 Å². The van der Waals surface area contributed by atoms with E-state index in [4.69, 9.17) is 19.7 Å². The molecule has 0 fully saturated rings. The first-order chi connectivity index (χ1) is 12.3. The summed E-state index contributed by atoms with van der Waals surface area (Å²) in [6.45, 7) is 1.55. The number of ether oxygens (including phenoxy) is 2. The molecule has 148 valence electrons. The van der Waals surface area contributed by atoms with Crippen LogP contribution >= 0.6 is 11.3 Å². The second-order valence-corrected chi connectivity index (χ2v) is 7.82. The number of primary sulfonamides is 1. The van der Waals surface area contributed by atoms with Gasteiger partial charge in [-0.1, -0.05) is 11.3 Å². The molecule has 1 rings (SSSR count). The summed E-state index contributed by atoms with van der Waals surface area (Å²) in [7, 11) is -3.93. The van der Waals surface area contributed by atoms with Gasteiger partial charge >= 0.3 is 0 Å². The SMILES string of the molecule is NS(=O)(=O)c1nnc(CC(=O)CCC(=O)NCCOCCOCCO)s1. The molecule has 11 nitrogen and oxygen atoms in total. The van der Waals surface area contributed by atoms with Gasteiger partial charge < -0.3 is 19.9 Å². The van der Waals surface area contributed by atoms with Crippen molar-refractivity contribution in [2.24, 2.45) is 5.14 Å². The molecule has 0 spiro atoms. The largest absolute Gasteiger partial charge is 0.394 e. The summed E-state index contributed by atoms with van der Waals surface area (Å²) in [5, 5.41) is 23.3. The Bertz CT molecular complexity index is 678. The van der Waals surface area contributed by atoms with Gasteiger partial charge in [-0.2, -0.15) is 0 Å². The third kappa shape index (κ3) is 9.84. The Morgan fingerprint density at radius 3 is 2.42 bits per heavy atom. The van der Waals surface area contributed by atoms with Gasteiger partial charge in [-0.05, 0) is 0 Å². The van der Waals surface area contributed by atoms with Gasteiger partial charge in [-0.25, -0.2) is 13.6 Å². The van der Waals surface area contributed by atoms with Crippen LogP contribution in [0.25, 0.3) is 0 Å². The normalized spacial score (nSPS) is 11.5. The Hall–Kier alpha value is -1.51. The molecule has 0 radical (unpaired) electrons. The van der Waals surface area contributed by atoms with Gasteiger partial charge in [0.15, 0.2) is 0 Å². The maximum absolute atomic E-state index is 11.8. The van der Waals surface area contributed by atoms with Crippen LogP contribution < -0.4 is 10.5 Å². The molecule has 13 heteroatoms. The predicted molar refractivity (Wildman–Crippen MR) is 91.0 cm³/mol. The lowest BCUT2D eigenvalue weighted by Crippen LogP contribution is -2.28. The number of ketones is 1. The number of hydrogen-bond donors (Lipinski definition) is 3. The number of Topliss-reactive ketones (excluding diaryl/α,β-unsaturated/α-hetero) is 1. The maximum atomic E-state index is 11.8. The number of nitrogens with one attached hydrogen (secondary N) is 1. The zero-order chi connectivity index (χ0) is 19.4. The third-order valence-electron chi connectivity index (χ3n) is 2.85. The van der Waals surface area contributed by atoms with Crippen LogP contribution in [-0.2, 0) is 35.5 Å². The fraction of sp³-hybridized carbons (Fsp3) is 0.692. The summed E-state index contributed by atoms with van der Waals surface area (Å²) in [6, 6.07) is 0. The Morgan fingerprint density at radius 1 is 1.12 bits per heavy atom. The molecule has 1 heterocycles. The minimum absolute atomic E-state index is 0.00593. The van der Waals surface area contributed by atoms with E-state index in [9.17, 15) is 18.0 Å². The number of nitrogens with two attached hydrogens (primary N) is 1. The van der Waals surface area contributed by atoms with E-state index < -0.39 is 10.0 Å². The smallest absolute Gasteiger partial charge is 0.267 e. The van der Waals surface area contributed by atoms with Crippen LogP contribution in [0, 0.1) is 0 Å². The molecule has 0 atom stereocenters. The molecule has 0 aliphatic rings. The van der Waals surface area contributed by atoms with E-state index in [0.29, 0.717) is 26.4 Å². The Balaban J connectivity index is 2.12. The number of aromatic nitrogens is 2. The average molecular weight is 410 g/mol. The number of carbonyl (C=O) groups is 2. The third-order valence-corrected chi connectivity index (χ3v) is 5.08. The lowest BCUT2D eigenvalue weighted by molar-refractivity contribution is -0.125. The number of aliphatic hydroxyl groups excluding tert-OH is 1. The van der Waals surface area contributed by atoms with Gasteiger partial charge in [0.2, 0.25) is 10.2 Å². The number of carbonyl (C=O) groups excluding carboxylic acids is 2. The summed E-state index contributed by atoms with van der Waals surface area (Å²) >= 11 is 0.731. The van der Waals surface area contributed by atoms with E-state index >= 15 is 0 Å². The Morgan fingerprint density at radius 2 is 1.81 bits per heavy atom.